The average molecular weight is 555 g/mol. The van der Waals surface area contributed by atoms with Gasteiger partial charge in [0.1, 0.15) is 24.4 Å². The van der Waals surface area contributed by atoms with Gasteiger partial charge in [-0.1, -0.05) is 41.0 Å². The number of hydrogen-bond donors (Lipinski definition) is 1. The van der Waals surface area contributed by atoms with Crippen molar-refractivity contribution in [2.24, 2.45) is 17.3 Å². The predicted molar refractivity (Wildman–Crippen MR) is 141 cm³/mol. The van der Waals surface area contributed by atoms with Gasteiger partial charge in [0.25, 0.3) is 0 Å². The van der Waals surface area contributed by atoms with Gasteiger partial charge in [-0.25, -0.2) is 0 Å². The Morgan fingerprint density at radius 3 is 2.10 bits per heavy atom. The van der Waals surface area contributed by atoms with Crippen LogP contribution in [0.2, 0.25) is 0 Å². The molecule has 10 nitrogen and oxygen atoms in total. The van der Waals surface area contributed by atoms with Crippen LogP contribution < -0.4 is 0 Å². The van der Waals surface area contributed by atoms with Crippen molar-refractivity contribution in [1.29, 1.82) is 0 Å². The van der Waals surface area contributed by atoms with Gasteiger partial charge in [-0.3, -0.25) is 19.2 Å². The van der Waals surface area contributed by atoms with Crippen molar-refractivity contribution in [3.63, 3.8) is 0 Å². The molecule has 1 saturated carbocycles. The van der Waals surface area contributed by atoms with Crippen molar-refractivity contribution >= 4 is 23.9 Å². The maximum atomic E-state index is 12.8. The molecule has 1 heterocycles. The maximum absolute atomic E-state index is 12.8. The van der Waals surface area contributed by atoms with Gasteiger partial charge in [0, 0.05) is 33.8 Å². The van der Waals surface area contributed by atoms with Gasteiger partial charge in [0.15, 0.2) is 11.7 Å². The zero-order valence-corrected chi connectivity index (χ0v) is 25.0. The van der Waals surface area contributed by atoms with E-state index in [1.165, 1.54) is 27.4 Å². The fourth-order valence-corrected chi connectivity index (χ4v) is 5.51. The first-order valence-corrected chi connectivity index (χ1v) is 13.7. The average Bonchev–Trinajstić information content (AvgIpc) is 3.17. The highest BCUT2D eigenvalue weighted by atomic mass is 16.6. The van der Waals surface area contributed by atoms with Gasteiger partial charge in [-0.2, -0.15) is 0 Å². The highest BCUT2D eigenvalue weighted by Crippen LogP contribution is 2.54. The molecule has 3 rings (SSSR count). The van der Waals surface area contributed by atoms with E-state index in [1.807, 2.05) is 6.92 Å². The second-order valence-corrected chi connectivity index (χ2v) is 11.8. The molecule has 2 fully saturated rings. The highest BCUT2D eigenvalue weighted by Gasteiger charge is 2.69. The van der Waals surface area contributed by atoms with Crippen molar-refractivity contribution in [2.45, 2.75) is 124 Å². The van der Waals surface area contributed by atoms with Crippen molar-refractivity contribution in [1.82, 2.24) is 0 Å². The number of methoxy groups -OCH3 is 1. The molecule has 222 valence electrons. The van der Waals surface area contributed by atoms with Crippen LogP contribution in [0.15, 0.2) is 11.1 Å². The number of hydrogen-bond acceptors (Lipinski definition) is 10. The van der Waals surface area contributed by atoms with E-state index in [0.717, 1.165) is 0 Å². The summed E-state index contributed by atoms with van der Waals surface area (Å²) in [4.78, 5) is 49.1. The SMILES string of the molecule is CCC(C)(C)C.CCCC(=O)O[C@H]1CC(OC(C)=O)C2C(=C(C)[C@H](O)C2OC(C)=O)C2OC(=O)C(C)C21OC. The van der Waals surface area contributed by atoms with Crippen LogP contribution in [0, 0.1) is 17.3 Å². The van der Waals surface area contributed by atoms with Crippen LogP contribution >= 0.6 is 0 Å². The van der Waals surface area contributed by atoms with E-state index in [9.17, 15) is 24.3 Å². The van der Waals surface area contributed by atoms with E-state index in [4.69, 9.17) is 23.7 Å². The minimum Gasteiger partial charge on any atom is -0.462 e. The molecule has 1 aliphatic heterocycles. The van der Waals surface area contributed by atoms with Gasteiger partial charge in [-0.15, -0.1) is 0 Å². The molecule has 6 unspecified atom stereocenters. The van der Waals surface area contributed by atoms with E-state index in [0.29, 0.717) is 23.0 Å². The summed E-state index contributed by atoms with van der Waals surface area (Å²) >= 11 is 0. The largest absolute Gasteiger partial charge is 0.462 e. The second kappa shape index (κ2) is 12.8. The van der Waals surface area contributed by atoms with Crippen molar-refractivity contribution < 1.29 is 48.0 Å². The molecule has 10 heteroatoms. The maximum Gasteiger partial charge on any atom is 0.312 e. The molecule has 0 bridgehead atoms. The highest BCUT2D eigenvalue weighted by molar-refractivity contribution is 5.79. The summed E-state index contributed by atoms with van der Waals surface area (Å²) < 4.78 is 28.6. The Morgan fingerprint density at radius 2 is 1.64 bits per heavy atom. The summed E-state index contributed by atoms with van der Waals surface area (Å²) in [7, 11) is 1.40. The Kier molecular flexibility index (Phi) is 10.8. The zero-order valence-electron chi connectivity index (χ0n) is 25.0. The lowest BCUT2D eigenvalue weighted by Crippen LogP contribution is -2.56. The summed E-state index contributed by atoms with van der Waals surface area (Å²) in [6.45, 7) is 16.5. The molecule has 1 saturated heterocycles. The molecule has 8 atom stereocenters. The second-order valence-electron chi connectivity index (χ2n) is 11.8. The van der Waals surface area contributed by atoms with E-state index in [1.54, 1.807) is 13.8 Å². The minimum atomic E-state index is -1.42. The third kappa shape index (κ3) is 6.82. The number of fused-ring (bicyclic) bond motifs is 3. The van der Waals surface area contributed by atoms with E-state index in [-0.39, 0.29) is 12.8 Å². The molecule has 0 radical (unpaired) electrons. The monoisotopic (exact) mass is 554 g/mol. The molecule has 2 aliphatic carbocycles. The Hall–Kier alpha value is -2.46. The van der Waals surface area contributed by atoms with E-state index >= 15 is 0 Å². The lowest BCUT2D eigenvalue weighted by Gasteiger charge is -2.39. The van der Waals surface area contributed by atoms with Crippen molar-refractivity contribution in [3.8, 4) is 0 Å². The molecule has 0 amide bonds. The molecule has 0 spiro atoms. The molecular weight excluding hydrogens is 508 g/mol. The standard InChI is InChI=1S/C23H32O10.C6H14/c1-7-8-16(26)32-15-9-14(30-12(4)24)18-17(10(2)19(27)20(18)31-13(5)25)21-23(15,29-6)11(3)22(28)33-21;1-5-6(2,3)4/h11,14-15,18-21,27H,7-9H2,1-6H3;5H2,1-4H3/t11?,14?,15-,18?,19-,20?,21?,23?;/m0./s1. The van der Waals surface area contributed by atoms with Gasteiger partial charge in [0.2, 0.25) is 0 Å². The first-order chi connectivity index (χ1) is 18.0. The Morgan fingerprint density at radius 1 is 1.08 bits per heavy atom. The van der Waals surface area contributed by atoms with Gasteiger partial charge in [-0.05, 0) is 36.8 Å². The normalized spacial score (nSPS) is 33.6. The Labute approximate surface area is 231 Å². The number of aliphatic hydroxyl groups excluding tert-OH is 1. The Balaban J connectivity index is 0.000000798. The quantitative estimate of drug-likeness (QED) is 0.294. The molecule has 0 aromatic heterocycles. The van der Waals surface area contributed by atoms with Crippen molar-refractivity contribution in [2.75, 3.05) is 7.11 Å². The summed E-state index contributed by atoms with van der Waals surface area (Å²) in [6, 6.07) is 0. The summed E-state index contributed by atoms with van der Waals surface area (Å²) in [5.74, 6) is -3.90. The topological polar surface area (TPSA) is 135 Å². The van der Waals surface area contributed by atoms with Crippen LogP contribution in [0.3, 0.4) is 0 Å². The fraction of sp³-hybridized carbons (Fsp3) is 0.793. The molecular formula is C29H46O10. The van der Waals surface area contributed by atoms with Crippen LogP contribution in [0.1, 0.15) is 88.0 Å². The summed E-state index contributed by atoms with van der Waals surface area (Å²) in [5, 5.41) is 10.9. The summed E-state index contributed by atoms with van der Waals surface area (Å²) in [5.41, 5.74) is 0.000519. The molecule has 39 heavy (non-hydrogen) atoms. The number of esters is 4. The van der Waals surface area contributed by atoms with Crippen LogP contribution in [0.5, 0.6) is 0 Å². The van der Waals surface area contributed by atoms with Crippen LogP contribution in [0.25, 0.3) is 0 Å². The third-order valence-corrected chi connectivity index (χ3v) is 7.99. The third-order valence-electron chi connectivity index (χ3n) is 7.99. The number of carbonyl (C=O) groups excluding carboxylic acids is 4. The summed E-state index contributed by atoms with van der Waals surface area (Å²) in [6.07, 6.45) is -3.30. The first kappa shape index (κ1) is 32.8. The number of carbonyl (C=O) groups is 4. The minimum absolute atomic E-state index is 0.0354. The lowest BCUT2D eigenvalue weighted by atomic mass is 9.78. The van der Waals surface area contributed by atoms with Gasteiger partial charge < -0.3 is 28.8 Å². The molecule has 3 aliphatic rings. The molecule has 1 N–H and O–H groups in total. The number of aliphatic hydroxyl groups is 1. The zero-order chi connectivity index (χ0) is 29.9. The number of rotatable bonds is 6. The van der Waals surface area contributed by atoms with Crippen molar-refractivity contribution in [3.05, 3.63) is 11.1 Å². The van der Waals surface area contributed by atoms with E-state index < -0.39 is 71.8 Å². The van der Waals surface area contributed by atoms with Crippen LogP contribution in [-0.2, 0) is 42.9 Å². The van der Waals surface area contributed by atoms with Gasteiger partial charge >= 0.3 is 23.9 Å². The predicted octanol–water partition coefficient (Wildman–Crippen LogP) is 3.66. The van der Waals surface area contributed by atoms with Gasteiger partial charge in [0.05, 0.1) is 11.8 Å². The lowest BCUT2D eigenvalue weighted by molar-refractivity contribution is -0.187. The van der Waals surface area contributed by atoms with Crippen LogP contribution in [0.4, 0.5) is 0 Å². The Bertz CT molecular complexity index is 964. The van der Waals surface area contributed by atoms with E-state index in [2.05, 4.69) is 27.7 Å². The van der Waals surface area contributed by atoms with Crippen LogP contribution in [-0.4, -0.2) is 72.2 Å². The smallest absolute Gasteiger partial charge is 0.312 e. The molecule has 0 aromatic carbocycles. The fourth-order valence-electron chi connectivity index (χ4n) is 5.51. The first-order valence-electron chi connectivity index (χ1n) is 13.7. The number of ether oxygens (including phenoxy) is 5. The molecule has 0 aromatic rings.